The van der Waals surface area contributed by atoms with E-state index in [1.165, 1.54) is 89.0 Å². The van der Waals surface area contributed by atoms with Gasteiger partial charge in [0.15, 0.2) is 0 Å². The fraction of sp³-hybridized carbons (Fsp3) is 0.810. The van der Waals surface area contributed by atoms with Gasteiger partial charge in [-0.15, -0.1) is 0 Å². The van der Waals surface area contributed by atoms with E-state index < -0.39 is 0 Å². The first kappa shape index (κ1) is 16.9. The highest BCUT2D eigenvalue weighted by Gasteiger charge is 2.23. The van der Waals surface area contributed by atoms with Crippen LogP contribution in [0.25, 0.3) is 0 Å². The minimum absolute atomic E-state index is 0.632. The lowest BCUT2D eigenvalue weighted by molar-refractivity contribution is 0.302. The van der Waals surface area contributed by atoms with Crippen LogP contribution >= 0.6 is 0 Å². The van der Waals surface area contributed by atoms with E-state index in [-0.39, 0.29) is 0 Å². The monoisotopic (exact) mass is 314 g/mol. The molecule has 2 aliphatic rings. The van der Waals surface area contributed by atoms with Gasteiger partial charge in [-0.25, -0.2) is 9.97 Å². The SMILES string of the molecule is CCCCC[C@H]1CC[C@H](c2cnc(C3CCCCC3)nc2)CC1. The summed E-state index contributed by atoms with van der Waals surface area (Å²) < 4.78 is 0. The second-order valence-corrected chi connectivity index (χ2v) is 7.92. The molecule has 128 valence electrons. The number of hydrogen-bond acceptors (Lipinski definition) is 2. The maximum absolute atomic E-state index is 4.75. The lowest BCUT2D eigenvalue weighted by Gasteiger charge is -2.28. The van der Waals surface area contributed by atoms with Crippen molar-refractivity contribution < 1.29 is 0 Å². The highest BCUT2D eigenvalue weighted by atomic mass is 14.9. The van der Waals surface area contributed by atoms with Crippen molar-refractivity contribution in [3.05, 3.63) is 23.8 Å². The summed E-state index contributed by atoms with van der Waals surface area (Å²) in [4.78, 5) is 9.49. The Kier molecular flexibility index (Phi) is 6.47. The second kappa shape index (κ2) is 8.80. The fourth-order valence-corrected chi connectivity index (χ4v) is 4.60. The molecular weight excluding hydrogens is 280 g/mol. The number of nitrogens with zero attached hydrogens (tertiary/aromatic N) is 2. The summed E-state index contributed by atoms with van der Waals surface area (Å²) in [5.41, 5.74) is 1.40. The van der Waals surface area contributed by atoms with Crippen molar-refractivity contribution in [3.8, 4) is 0 Å². The van der Waals surface area contributed by atoms with Gasteiger partial charge in [0.2, 0.25) is 0 Å². The van der Waals surface area contributed by atoms with Crippen LogP contribution in [0.4, 0.5) is 0 Å². The highest BCUT2D eigenvalue weighted by molar-refractivity contribution is 5.14. The standard InChI is InChI=1S/C21H34N2/c1-2-3-5-8-17-11-13-18(14-12-17)20-15-22-21(23-16-20)19-9-6-4-7-10-19/h15-19H,2-14H2,1H3/t17-,18-. The lowest BCUT2D eigenvalue weighted by atomic mass is 9.77. The van der Waals surface area contributed by atoms with Gasteiger partial charge in [0, 0.05) is 18.3 Å². The molecule has 2 aliphatic carbocycles. The van der Waals surface area contributed by atoms with E-state index in [1.807, 2.05) is 0 Å². The zero-order chi connectivity index (χ0) is 15.9. The molecular formula is C21H34N2. The van der Waals surface area contributed by atoms with Crippen LogP contribution in [-0.2, 0) is 0 Å². The molecule has 0 atom stereocenters. The quantitative estimate of drug-likeness (QED) is 0.569. The number of hydrogen-bond donors (Lipinski definition) is 0. The van der Waals surface area contributed by atoms with Gasteiger partial charge in [0.05, 0.1) is 0 Å². The summed E-state index contributed by atoms with van der Waals surface area (Å²) >= 11 is 0. The van der Waals surface area contributed by atoms with Crippen LogP contribution in [0.2, 0.25) is 0 Å². The number of unbranched alkanes of at least 4 members (excludes halogenated alkanes) is 2. The van der Waals surface area contributed by atoms with Crippen LogP contribution in [0.1, 0.15) is 114 Å². The van der Waals surface area contributed by atoms with Crippen molar-refractivity contribution >= 4 is 0 Å². The average Bonchev–Trinajstić information content (AvgIpc) is 2.63. The van der Waals surface area contributed by atoms with E-state index in [9.17, 15) is 0 Å². The molecule has 0 unspecified atom stereocenters. The molecule has 1 aromatic heterocycles. The summed E-state index contributed by atoms with van der Waals surface area (Å²) in [6.45, 7) is 2.30. The molecule has 0 aliphatic heterocycles. The topological polar surface area (TPSA) is 25.8 Å². The molecule has 23 heavy (non-hydrogen) atoms. The normalized spacial score (nSPS) is 26.3. The van der Waals surface area contributed by atoms with Crippen LogP contribution < -0.4 is 0 Å². The number of rotatable bonds is 6. The van der Waals surface area contributed by atoms with E-state index in [0.717, 1.165) is 17.7 Å². The lowest BCUT2D eigenvalue weighted by Crippen LogP contribution is -2.15. The average molecular weight is 315 g/mol. The van der Waals surface area contributed by atoms with E-state index in [0.29, 0.717) is 5.92 Å². The molecule has 0 radical (unpaired) electrons. The molecule has 2 saturated carbocycles. The molecule has 0 saturated heterocycles. The molecule has 0 spiro atoms. The molecule has 0 amide bonds. The summed E-state index contributed by atoms with van der Waals surface area (Å²) in [6, 6.07) is 0. The van der Waals surface area contributed by atoms with E-state index in [2.05, 4.69) is 19.3 Å². The first-order chi connectivity index (χ1) is 11.4. The van der Waals surface area contributed by atoms with Gasteiger partial charge in [-0.05, 0) is 55.9 Å². The fourth-order valence-electron chi connectivity index (χ4n) is 4.60. The maximum atomic E-state index is 4.75. The summed E-state index contributed by atoms with van der Waals surface area (Å²) in [5.74, 6) is 3.45. The van der Waals surface area contributed by atoms with E-state index in [1.54, 1.807) is 0 Å². The smallest absolute Gasteiger partial charge is 0.131 e. The third-order valence-corrected chi connectivity index (χ3v) is 6.20. The Morgan fingerprint density at radius 2 is 1.52 bits per heavy atom. The molecule has 2 fully saturated rings. The van der Waals surface area contributed by atoms with Crippen LogP contribution in [0.5, 0.6) is 0 Å². The maximum Gasteiger partial charge on any atom is 0.131 e. The van der Waals surface area contributed by atoms with Gasteiger partial charge in [0.1, 0.15) is 5.82 Å². The Hall–Kier alpha value is -0.920. The zero-order valence-corrected chi connectivity index (χ0v) is 15.0. The largest absolute Gasteiger partial charge is 0.241 e. The Labute approximate surface area is 142 Å². The van der Waals surface area contributed by atoms with Crippen LogP contribution in [0.15, 0.2) is 12.4 Å². The molecule has 2 heteroatoms. The van der Waals surface area contributed by atoms with E-state index >= 15 is 0 Å². The van der Waals surface area contributed by atoms with Crippen LogP contribution in [-0.4, -0.2) is 9.97 Å². The molecule has 1 heterocycles. The summed E-state index contributed by atoms with van der Waals surface area (Å²) in [7, 11) is 0. The molecule has 3 rings (SSSR count). The minimum Gasteiger partial charge on any atom is -0.241 e. The van der Waals surface area contributed by atoms with Crippen molar-refractivity contribution in [1.82, 2.24) is 9.97 Å². The van der Waals surface area contributed by atoms with Crippen LogP contribution in [0.3, 0.4) is 0 Å². The second-order valence-electron chi connectivity index (χ2n) is 7.92. The Balaban J connectivity index is 1.48. The van der Waals surface area contributed by atoms with Crippen molar-refractivity contribution in [2.45, 2.75) is 102 Å². The minimum atomic E-state index is 0.632. The predicted octanol–water partition coefficient (Wildman–Crippen LogP) is 6.38. The summed E-state index contributed by atoms with van der Waals surface area (Å²) in [5, 5.41) is 0. The van der Waals surface area contributed by atoms with Gasteiger partial charge >= 0.3 is 0 Å². The molecule has 1 aromatic rings. The number of aromatic nitrogens is 2. The molecule has 0 aromatic carbocycles. The first-order valence-electron chi connectivity index (χ1n) is 10.2. The van der Waals surface area contributed by atoms with Crippen molar-refractivity contribution in [2.24, 2.45) is 5.92 Å². The van der Waals surface area contributed by atoms with Gasteiger partial charge in [-0.1, -0.05) is 51.9 Å². The van der Waals surface area contributed by atoms with Gasteiger partial charge < -0.3 is 0 Å². The van der Waals surface area contributed by atoms with Crippen molar-refractivity contribution in [3.63, 3.8) is 0 Å². The predicted molar refractivity (Wildman–Crippen MR) is 96.7 cm³/mol. The molecule has 0 N–H and O–H groups in total. The third kappa shape index (κ3) is 4.78. The molecule has 2 nitrogen and oxygen atoms in total. The molecule has 0 bridgehead atoms. The first-order valence-corrected chi connectivity index (χ1v) is 10.2. The van der Waals surface area contributed by atoms with Gasteiger partial charge in [-0.2, -0.15) is 0 Å². The van der Waals surface area contributed by atoms with Crippen molar-refractivity contribution in [1.29, 1.82) is 0 Å². The van der Waals surface area contributed by atoms with Gasteiger partial charge in [-0.3, -0.25) is 0 Å². The Morgan fingerprint density at radius 3 is 2.17 bits per heavy atom. The Morgan fingerprint density at radius 1 is 0.826 bits per heavy atom. The van der Waals surface area contributed by atoms with Gasteiger partial charge in [0.25, 0.3) is 0 Å². The Bertz CT molecular complexity index is 439. The highest BCUT2D eigenvalue weighted by Crippen LogP contribution is 2.38. The van der Waals surface area contributed by atoms with E-state index in [4.69, 9.17) is 9.97 Å². The van der Waals surface area contributed by atoms with Crippen molar-refractivity contribution in [2.75, 3.05) is 0 Å². The zero-order valence-electron chi connectivity index (χ0n) is 15.0. The summed E-state index contributed by atoms with van der Waals surface area (Å²) in [6.07, 6.45) is 22.2. The third-order valence-electron chi connectivity index (χ3n) is 6.20. The van der Waals surface area contributed by atoms with Crippen LogP contribution in [0, 0.1) is 5.92 Å².